The van der Waals surface area contributed by atoms with Gasteiger partial charge in [-0.3, -0.25) is 0 Å². The molecular formula is C7H13NO. The summed E-state index contributed by atoms with van der Waals surface area (Å²) in [6.07, 6.45) is 2.77. The third-order valence-electron chi connectivity index (χ3n) is 1.53. The molecule has 1 heterocycles. The summed E-state index contributed by atoms with van der Waals surface area (Å²) in [7, 11) is 0. The fraction of sp³-hybridized carbons (Fsp3) is 0.714. The molecule has 0 bridgehead atoms. The van der Waals surface area contributed by atoms with E-state index in [0.717, 1.165) is 19.5 Å². The van der Waals surface area contributed by atoms with E-state index in [1.807, 2.05) is 0 Å². The fourth-order valence-corrected chi connectivity index (χ4v) is 1.02. The van der Waals surface area contributed by atoms with Crippen molar-refractivity contribution >= 4 is 0 Å². The van der Waals surface area contributed by atoms with Gasteiger partial charge in [0.25, 0.3) is 0 Å². The molecule has 1 aliphatic rings. The van der Waals surface area contributed by atoms with E-state index in [4.69, 9.17) is 5.11 Å². The van der Waals surface area contributed by atoms with Crippen molar-refractivity contribution in [1.29, 1.82) is 0 Å². The molecule has 1 rings (SSSR count). The van der Waals surface area contributed by atoms with Crippen LogP contribution in [0.2, 0.25) is 0 Å². The highest BCUT2D eigenvalue weighted by atomic mass is 16.3. The summed E-state index contributed by atoms with van der Waals surface area (Å²) in [5.41, 5.74) is 1.28. The Bertz CT molecular complexity index is 120. The van der Waals surface area contributed by atoms with Crippen molar-refractivity contribution in [3.63, 3.8) is 0 Å². The molecule has 2 heteroatoms. The van der Waals surface area contributed by atoms with Crippen molar-refractivity contribution in [2.24, 2.45) is 0 Å². The smallest absolute Gasteiger partial charge is 0.0701 e. The molecule has 9 heavy (non-hydrogen) atoms. The minimum absolute atomic E-state index is 0.177. The zero-order chi connectivity index (χ0) is 6.69. The summed E-state index contributed by atoms with van der Waals surface area (Å²) in [4.78, 5) is 0. The lowest BCUT2D eigenvalue weighted by Gasteiger charge is -2.05. The van der Waals surface area contributed by atoms with E-state index in [1.165, 1.54) is 5.57 Å². The van der Waals surface area contributed by atoms with Gasteiger partial charge < -0.3 is 10.4 Å². The van der Waals surface area contributed by atoms with Gasteiger partial charge in [-0.05, 0) is 13.3 Å². The lowest BCUT2D eigenvalue weighted by atomic mass is 10.1. The average Bonchev–Trinajstić information content (AvgIpc) is 1.93. The minimum Gasteiger partial charge on any atom is -0.391 e. The number of rotatable bonds is 0. The SMILES string of the molecule is CC1=CCNCC(O)C1. The quantitative estimate of drug-likeness (QED) is 0.458. The van der Waals surface area contributed by atoms with E-state index in [2.05, 4.69) is 18.3 Å². The third kappa shape index (κ3) is 2.16. The Kier molecular flexibility index (Phi) is 2.25. The van der Waals surface area contributed by atoms with Crippen LogP contribution in [0.25, 0.3) is 0 Å². The molecule has 0 aromatic heterocycles. The monoisotopic (exact) mass is 127 g/mol. The summed E-state index contributed by atoms with van der Waals surface area (Å²) in [6, 6.07) is 0. The second-order valence-electron chi connectivity index (χ2n) is 2.57. The molecule has 0 aromatic carbocycles. The first-order valence-corrected chi connectivity index (χ1v) is 3.33. The topological polar surface area (TPSA) is 32.3 Å². The molecule has 1 aliphatic heterocycles. The standard InChI is InChI=1S/C7H13NO/c1-6-2-3-8-5-7(9)4-6/h2,7-9H,3-5H2,1H3. The summed E-state index contributed by atoms with van der Waals surface area (Å²) in [6.45, 7) is 3.69. The highest BCUT2D eigenvalue weighted by Crippen LogP contribution is 2.05. The molecule has 0 saturated carbocycles. The maximum absolute atomic E-state index is 9.16. The van der Waals surface area contributed by atoms with Gasteiger partial charge in [0.1, 0.15) is 0 Å². The van der Waals surface area contributed by atoms with Crippen LogP contribution < -0.4 is 5.32 Å². The number of hydrogen-bond acceptors (Lipinski definition) is 2. The van der Waals surface area contributed by atoms with E-state index in [0.29, 0.717) is 0 Å². The molecule has 1 atom stereocenters. The van der Waals surface area contributed by atoms with Crippen molar-refractivity contribution in [1.82, 2.24) is 5.32 Å². The van der Waals surface area contributed by atoms with Gasteiger partial charge in [-0.25, -0.2) is 0 Å². The minimum atomic E-state index is -0.177. The number of hydrogen-bond donors (Lipinski definition) is 2. The summed E-state index contributed by atoms with van der Waals surface area (Å²) in [5, 5.41) is 12.3. The average molecular weight is 127 g/mol. The Morgan fingerprint density at radius 3 is 3.33 bits per heavy atom. The van der Waals surface area contributed by atoms with Gasteiger partial charge in [0, 0.05) is 13.1 Å². The van der Waals surface area contributed by atoms with Gasteiger partial charge in [-0.2, -0.15) is 0 Å². The van der Waals surface area contributed by atoms with Gasteiger partial charge in [0.15, 0.2) is 0 Å². The Hall–Kier alpha value is -0.340. The lowest BCUT2D eigenvalue weighted by molar-refractivity contribution is 0.176. The number of β-amino-alcohol motifs (C(OH)–C–C–N with tert-alkyl or cyclic N) is 1. The van der Waals surface area contributed by atoms with Crippen molar-refractivity contribution in [2.45, 2.75) is 19.4 Å². The summed E-state index contributed by atoms with van der Waals surface area (Å²) in [5.74, 6) is 0. The Labute approximate surface area is 55.6 Å². The number of nitrogens with one attached hydrogen (secondary N) is 1. The third-order valence-corrected chi connectivity index (χ3v) is 1.53. The van der Waals surface area contributed by atoms with Crippen LogP contribution >= 0.6 is 0 Å². The summed E-state index contributed by atoms with van der Waals surface area (Å²) >= 11 is 0. The zero-order valence-corrected chi connectivity index (χ0v) is 5.72. The van der Waals surface area contributed by atoms with Crippen LogP contribution in [0.1, 0.15) is 13.3 Å². The van der Waals surface area contributed by atoms with E-state index in [1.54, 1.807) is 0 Å². The Morgan fingerprint density at radius 2 is 2.56 bits per heavy atom. The molecule has 0 aromatic rings. The van der Waals surface area contributed by atoms with Crippen molar-refractivity contribution in [2.75, 3.05) is 13.1 Å². The zero-order valence-electron chi connectivity index (χ0n) is 5.72. The molecule has 0 aliphatic carbocycles. The van der Waals surface area contributed by atoms with Crippen LogP contribution in [-0.4, -0.2) is 24.3 Å². The largest absolute Gasteiger partial charge is 0.391 e. The molecule has 2 nitrogen and oxygen atoms in total. The molecule has 52 valence electrons. The molecule has 1 unspecified atom stereocenters. The van der Waals surface area contributed by atoms with Crippen LogP contribution in [0.3, 0.4) is 0 Å². The molecule has 0 fully saturated rings. The highest BCUT2D eigenvalue weighted by molar-refractivity contribution is 5.03. The van der Waals surface area contributed by atoms with Crippen molar-refractivity contribution in [3.8, 4) is 0 Å². The Balaban J connectivity index is 2.44. The van der Waals surface area contributed by atoms with Crippen molar-refractivity contribution in [3.05, 3.63) is 11.6 Å². The lowest BCUT2D eigenvalue weighted by Crippen LogP contribution is -2.24. The van der Waals surface area contributed by atoms with Crippen LogP contribution in [0, 0.1) is 0 Å². The van der Waals surface area contributed by atoms with E-state index in [-0.39, 0.29) is 6.10 Å². The second kappa shape index (κ2) is 2.99. The predicted octanol–water partition coefficient (Wildman–Crippen LogP) is 0.287. The van der Waals surface area contributed by atoms with Gasteiger partial charge in [0.05, 0.1) is 6.10 Å². The van der Waals surface area contributed by atoms with Crippen LogP contribution in [0.4, 0.5) is 0 Å². The number of aliphatic hydroxyl groups is 1. The number of aliphatic hydroxyl groups excluding tert-OH is 1. The summed E-state index contributed by atoms with van der Waals surface area (Å²) < 4.78 is 0. The van der Waals surface area contributed by atoms with E-state index in [9.17, 15) is 0 Å². The van der Waals surface area contributed by atoms with Gasteiger partial charge in [-0.1, -0.05) is 11.6 Å². The van der Waals surface area contributed by atoms with Crippen LogP contribution in [0.5, 0.6) is 0 Å². The molecule has 0 saturated heterocycles. The van der Waals surface area contributed by atoms with Gasteiger partial charge >= 0.3 is 0 Å². The molecule has 0 radical (unpaired) electrons. The van der Waals surface area contributed by atoms with Crippen molar-refractivity contribution < 1.29 is 5.11 Å². The highest BCUT2D eigenvalue weighted by Gasteiger charge is 2.06. The van der Waals surface area contributed by atoms with E-state index >= 15 is 0 Å². The molecule has 0 amide bonds. The first-order valence-electron chi connectivity index (χ1n) is 3.33. The maximum Gasteiger partial charge on any atom is 0.0701 e. The van der Waals surface area contributed by atoms with E-state index < -0.39 is 0 Å². The second-order valence-corrected chi connectivity index (χ2v) is 2.57. The Morgan fingerprint density at radius 1 is 1.78 bits per heavy atom. The van der Waals surface area contributed by atoms with Crippen LogP contribution in [-0.2, 0) is 0 Å². The first kappa shape index (κ1) is 6.78. The van der Waals surface area contributed by atoms with Gasteiger partial charge in [-0.15, -0.1) is 0 Å². The normalized spacial score (nSPS) is 29.1. The predicted molar refractivity (Wildman–Crippen MR) is 37.3 cm³/mol. The first-order chi connectivity index (χ1) is 4.29. The molecule has 0 spiro atoms. The van der Waals surface area contributed by atoms with Crippen LogP contribution in [0.15, 0.2) is 11.6 Å². The maximum atomic E-state index is 9.16. The van der Waals surface area contributed by atoms with Gasteiger partial charge in [0.2, 0.25) is 0 Å². The fourth-order valence-electron chi connectivity index (χ4n) is 1.02. The molecular weight excluding hydrogens is 114 g/mol. The molecule has 2 N–H and O–H groups in total.